The van der Waals surface area contributed by atoms with Crippen molar-refractivity contribution in [1.82, 2.24) is 0 Å². The van der Waals surface area contributed by atoms with Crippen LogP contribution in [-0.4, -0.2) is 19.8 Å². The van der Waals surface area contributed by atoms with Gasteiger partial charge >= 0.3 is 6.36 Å². The number of hydrogen-bond donors (Lipinski definition) is 0. The summed E-state index contributed by atoms with van der Waals surface area (Å²) in [7, 11) is 1.19. The molecule has 0 aliphatic heterocycles. The van der Waals surface area contributed by atoms with Gasteiger partial charge in [-0.05, 0) is 0 Å². The summed E-state index contributed by atoms with van der Waals surface area (Å²) in [5.74, 6) is 0. The lowest BCUT2D eigenvalue weighted by Gasteiger charge is -2.00. The van der Waals surface area contributed by atoms with Crippen molar-refractivity contribution < 1.29 is 17.9 Å². The second-order valence-electron chi connectivity index (χ2n) is 0.927. The minimum atomic E-state index is -4.60. The van der Waals surface area contributed by atoms with Crippen LogP contribution in [0.2, 0.25) is 0 Å². The first-order valence-corrected chi connectivity index (χ1v) is 1.71. The van der Waals surface area contributed by atoms with Crippen LogP contribution in [0.5, 0.6) is 0 Å². The number of halogens is 3. The Labute approximate surface area is 44.0 Å². The van der Waals surface area contributed by atoms with E-state index < -0.39 is 6.36 Å². The Kier molecular flexibility index (Phi) is 2.30. The van der Waals surface area contributed by atoms with Crippen LogP contribution in [0.4, 0.5) is 13.2 Å². The lowest BCUT2D eigenvalue weighted by Crippen LogP contribution is -2.11. The summed E-state index contributed by atoms with van der Waals surface area (Å²) in [6.45, 7) is 0. The number of ether oxygens (including phenoxy) is 1. The molecule has 0 saturated carbocycles. The van der Waals surface area contributed by atoms with Crippen LogP contribution in [0.15, 0.2) is 4.99 Å². The quantitative estimate of drug-likeness (QED) is 0.383. The van der Waals surface area contributed by atoms with E-state index in [0.717, 1.165) is 0 Å². The highest BCUT2D eigenvalue weighted by molar-refractivity contribution is 5.45. The van der Waals surface area contributed by atoms with Crippen LogP contribution >= 0.6 is 0 Å². The summed E-state index contributed by atoms with van der Waals surface area (Å²) in [5, 5.41) is 0. The van der Waals surface area contributed by atoms with Crippen LogP contribution in [-0.2, 0) is 4.74 Å². The second-order valence-corrected chi connectivity index (χ2v) is 0.927. The van der Waals surface area contributed by atoms with Crippen molar-refractivity contribution in [3.63, 3.8) is 0 Å². The van der Waals surface area contributed by atoms with E-state index >= 15 is 0 Å². The van der Waals surface area contributed by atoms with Crippen molar-refractivity contribution in [2.45, 2.75) is 6.36 Å². The zero-order valence-electron chi connectivity index (χ0n) is 4.07. The summed E-state index contributed by atoms with van der Waals surface area (Å²) in [4.78, 5) is 2.95. The molecule has 0 spiro atoms. The molecule has 0 aromatic carbocycles. The number of hydrogen-bond acceptors (Lipinski definition) is 2. The van der Waals surface area contributed by atoms with E-state index in [2.05, 4.69) is 9.73 Å². The second kappa shape index (κ2) is 2.54. The molecule has 0 aromatic heterocycles. The van der Waals surface area contributed by atoms with Gasteiger partial charge < -0.3 is 4.74 Å². The fraction of sp³-hybridized carbons (Fsp3) is 0.667. The molecule has 0 N–H and O–H groups in total. The molecule has 0 atom stereocenters. The molecule has 48 valence electrons. The first kappa shape index (κ1) is 7.26. The monoisotopic (exact) mass is 127 g/mol. The standard InChI is InChI=1S/C3H4F3NO/c1-7-2-8-3(4,5)6/h2H,1H3. The lowest BCUT2D eigenvalue weighted by atomic mass is 11.2. The first-order chi connectivity index (χ1) is 3.56. The maximum absolute atomic E-state index is 10.9. The average molecular weight is 127 g/mol. The smallest absolute Gasteiger partial charge is 0.395 e. The minimum Gasteiger partial charge on any atom is -0.395 e. The van der Waals surface area contributed by atoms with Crippen molar-refractivity contribution in [2.24, 2.45) is 4.99 Å². The SMILES string of the molecule is CN=COC(F)(F)F. The molecule has 0 unspecified atom stereocenters. The largest absolute Gasteiger partial charge is 0.573 e. The first-order valence-electron chi connectivity index (χ1n) is 1.71. The summed E-state index contributed by atoms with van der Waals surface area (Å²) >= 11 is 0. The summed E-state index contributed by atoms with van der Waals surface area (Å²) in [5.41, 5.74) is 0. The highest BCUT2D eigenvalue weighted by Crippen LogP contribution is 2.13. The zero-order chi connectivity index (χ0) is 6.62. The van der Waals surface area contributed by atoms with Crippen molar-refractivity contribution >= 4 is 6.40 Å². The number of aliphatic imine (C=N–C) groups is 1. The van der Waals surface area contributed by atoms with Gasteiger partial charge in [0.2, 0.25) is 0 Å². The fourth-order valence-corrected chi connectivity index (χ4v) is 0.112. The normalized spacial score (nSPS) is 12.5. The van der Waals surface area contributed by atoms with Crippen molar-refractivity contribution in [2.75, 3.05) is 7.05 Å². The van der Waals surface area contributed by atoms with E-state index in [1.54, 1.807) is 0 Å². The predicted octanol–water partition coefficient (Wildman–Crippen LogP) is 1.18. The average Bonchev–Trinajstić information content (AvgIpc) is 1.59. The van der Waals surface area contributed by atoms with Gasteiger partial charge in [0, 0.05) is 7.05 Å². The van der Waals surface area contributed by atoms with Crippen LogP contribution in [0.3, 0.4) is 0 Å². The van der Waals surface area contributed by atoms with Gasteiger partial charge in [-0.1, -0.05) is 0 Å². The highest BCUT2D eigenvalue weighted by Gasteiger charge is 2.28. The molecule has 2 nitrogen and oxygen atoms in total. The fourth-order valence-electron chi connectivity index (χ4n) is 0.112. The molecule has 5 heteroatoms. The van der Waals surface area contributed by atoms with Crippen LogP contribution < -0.4 is 0 Å². The van der Waals surface area contributed by atoms with E-state index in [4.69, 9.17) is 0 Å². The molecule has 0 bridgehead atoms. The van der Waals surface area contributed by atoms with Gasteiger partial charge in [0.15, 0.2) is 6.40 Å². The molecular weight excluding hydrogens is 123 g/mol. The molecule has 0 rings (SSSR count). The molecule has 0 amide bonds. The van der Waals surface area contributed by atoms with E-state index in [0.29, 0.717) is 6.40 Å². The van der Waals surface area contributed by atoms with Gasteiger partial charge in [0.05, 0.1) is 0 Å². The minimum absolute atomic E-state index is 0.333. The summed E-state index contributed by atoms with van der Waals surface area (Å²) < 4.78 is 35.9. The van der Waals surface area contributed by atoms with Crippen LogP contribution in [0.25, 0.3) is 0 Å². The summed E-state index contributed by atoms with van der Waals surface area (Å²) in [6.07, 6.45) is -4.26. The third kappa shape index (κ3) is 5.26. The Hall–Kier alpha value is -0.740. The Morgan fingerprint density at radius 3 is 2.12 bits per heavy atom. The van der Waals surface area contributed by atoms with Crippen molar-refractivity contribution in [3.8, 4) is 0 Å². The Balaban J connectivity index is 3.39. The topological polar surface area (TPSA) is 21.6 Å². The van der Waals surface area contributed by atoms with Gasteiger partial charge in [0.1, 0.15) is 0 Å². The molecule has 0 aliphatic rings. The Morgan fingerprint density at radius 2 is 2.00 bits per heavy atom. The predicted molar refractivity (Wildman–Crippen MR) is 21.6 cm³/mol. The third-order valence-electron chi connectivity index (χ3n) is 0.292. The van der Waals surface area contributed by atoms with Gasteiger partial charge in [0.25, 0.3) is 0 Å². The lowest BCUT2D eigenvalue weighted by molar-refractivity contribution is -0.280. The Bertz CT molecular complexity index is 87.0. The van der Waals surface area contributed by atoms with Crippen LogP contribution in [0.1, 0.15) is 0 Å². The molecular formula is C3H4F3NO. The third-order valence-corrected chi connectivity index (χ3v) is 0.292. The van der Waals surface area contributed by atoms with E-state index in [1.165, 1.54) is 7.05 Å². The van der Waals surface area contributed by atoms with E-state index in [9.17, 15) is 13.2 Å². The van der Waals surface area contributed by atoms with E-state index in [1.807, 2.05) is 0 Å². The number of alkyl halides is 3. The van der Waals surface area contributed by atoms with Gasteiger partial charge in [-0.15, -0.1) is 13.2 Å². The van der Waals surface area contributed by atoms with Crippen molar-refractivity contribution in [1.29, 1.82) is 0 Å². The van der Waals surface area contributed by atoms with Gasteiger partial charge in [-0.25, -0.2) is 0 Å². The van der Waals surface area contributed by atoms with Crippen molar-refractivity contribution in [3.05, 3.63) is 0 Å². The zero-order valence-corrected chi connectivity index (χ0v) is 4.07. The molecule has 0 aromatic rings. The highest BCUT2D eigenvalue weighted by atomic mass is 19.4. The van der Waals surface area contributed by atoms with Crippen LogP contribution in [0, 0.1) is 0 Å². The molecule has 0 heterocycles. The molecule has 0 saturated heterocycles. The van der Waals surface area contributed by atoms with E-state index in [-0.39, 0.29) is 0 Å². The maximum Gasteiger partial charge on any atom is 0.573 e. The molecule has 8 heavy (non-hydrogen) atoms. The summed E-state index contributed by atoms with van der Waals surface area (Å²) in [6, 6.07) is 0. The molecule has 0 fully saturated rings. The Morgan fingerprint density at radius 1 is 1.50 bits per heavy atom. The maximum atomic E-state index is 10.9. The number of rotatable bonds is 1. The molecule has 0 radical (unpaired) electrons. The number of nitrogens with zero attached hydrogens (tertiary/aromatic N) is 1. The molecule has 0 aliphatic carbocycles. The van der Waals surface area contributed by atoms with Gasteiger partial charge in [-0.3, -0.25) is 4.99 Å². The van der Waals surface area contributed by atoms with Gasteiger partial charge in [-0.2, -0.15) is 0 Å².